The second kappa shape index (κ2) is 12.5. The van der Waals surface area contributed by atoms with E-state index in [0.29, 0.717) is 24.2 Å². The number of nitrogen functional groups attached to an aromatic ring is 1. The maximum Gasteiger partial charge on any atom is 0.416 e. The van der Waals surface area contributed by atoms with Gasteiger partial charge in [0, 0.05) is 23.0 Å². The lowest BCUT2D eigenvalue weighted by molar-refractivity contribution is -0.137. The van der Waals surface area contributed by atoms with Crippen LogP contribution in [0.4, 0.5) is 24.7 Å². The minimum absolute atomic E-state index is 0.0623. The molecule has 0 bridgehead atoms. The van der Waals surface area contributed by atoms with Crippen molar-refractivity contribution in [3.63, 3.8) is 0 Å². The Labute approximate surface area is 197 Å². The molecule has 32 heavy (non-hydrogen) atoms. The van der Waals surface area contributed by atoms with Crippen LogP contribution in [-0.4, -0.2) is 34.6 Å². The number of rotatable bonds is 6. The molecule has 5 nitrogen and oxygen atoms in total. The fraction of sp³-hybridized carbons (Fsp3) is 0.545. The first-order valence-corrected chi connectivity index (χ1v) is 12.3. The van der Waals surface area contributed by atoms with Crippen LogP contribution in [0.15, 0.2) is 18.2 Å². The second-order valence-electron chi connectivity index (χ2n) is 7.47. The van der Waals surface area contributed by atoms with Gasteiger partial charge in [-0.3, -0.25) is 0 Å². The van der Waals surface area contributed by atoms with Gasteiger partial charge < -0.3 is 16.4 Å². The van der Waals surface area contributed by atoms with Gasteiger partial charge in [0.2, 0.25) is 5.28 Å². The maximum atomic E-state index is 12.9. The average Bonchev–Trinajstić information content (AvgIpc) is 2.77. The number of nitrogens with one attached hydrogen (secondary N) is 2. The maximum absolute atomic E-state index is 12.9. The molecule has 0 saturated carbocycles. The Morgan fingerprint density at radius 2 is 1.84 bits per heavy atom. The van der Waals surface area contributed by atoms with Crippen LogP contribution in [0, 0.1) is 0 Å². The first kappa shape index (κ1) is 26.5. The zero-order chi connectivity index (χ0) is 23.7. The van der Waals surface area contributed by atoms with Crippen molar-refractivity contribution in [2.75, 3.05) is 30.4 Å². The van der Waals surface area contributed by atoms with E-state index in [9.17, 15) is 13.2 Å². The number of alkyl halides is 3. The standard InChI is InChI=1S/C16H18ClF3N4.C6H13NS/c1-3-12-13(4-2)23-15(17)24-14(12)22-8-9-5-10(16(18,19)20)7-11(21)6-9;1-8-6-2-4-7-5-3-6/h5-7H,3-4,8,21H2,1-2H3,(H,22,23,24);6-7H,2-5H2,1H3. The molecule has 3 rings (SSSR count). The molecule has 1 aromatic heterocycles. The van der Waals surface area contributed by atoms with E-state index < -0.39 is 11.7 Å². The molecular formula is C22H31ClF3N5S. The zero-order valence-corrected chi connectivity index (χ0v) is 20.2. The molecule has 0 atom stereocenters. The first-order chi connectivity index (χ1) is 15.2. The summed E-state index contributed by atoms with van der Waals surface area (Å²) < 4.78 is 38.6. The van der Waals surface area contributed by atoms with E-state index >= 15 is 0 Å². The molecule has 4 N–H and O–H groups in total. The summed E-state index contributed by atoms with van der Waals surface area (Å²) in [5.74, 6) is 0.533. The molecule has 0 aliphatic carbocycles. The number of anilines is 2. The molecule has 0 unspecified atom stereocenters. The van der Waals surface area contributed by atoms with E-state index in [1.54, 1.807) is 0 Å². The number of halogens is 4. The molecule has 1 aliphatic rings. The predicted octanol–water partition coefficient (Wildman–Crippen LogP) is 5.57. The summed E-state index contributed by atoms with van der Waals surface area (Å²) >= 11 is 7.92. The van der Waals surface area contributed by atoms with E-state index in [-0.39, 0.29) is 17.5 Å². The summed E-state index contributed by atoms with van der Waals surface area (Å²) in [6, 6.07) is 3.48. The van der Waals surface area contributed by atoms with Crippen molar-refractivity contribution in [3.8, 4) is 0 Å². The number of hydrogen-bond acceptors (Lipinski definition) is 6. The molecule has 10 heteroatoms. The lowest BCUT2D eigenvalue weighted by Gasteiger charge is -2.19. The lowest BCUT2D eigenvalue weighted by atomic mass is 10.1. The number of benzene rings is 1. The monoisotopic (exact) mass is 489 g/mol. The van der Waals surface area contributed by atoms with Crippen molar-refractivity contribution in [1.29, 1.82) is 0 Å². The van der Waals surface area contributed by atoms with Gasteiger partial charge in [-0.15, -0.1) is 0 Å². The molecule has 0 spiro atoms. The van der Waals surface area contributed by atoms with Crippen molar-refractivity contribution in [1.82, 2.24) is 15.3 Å². The Hall–Kier alpha value is -1.71. The summed E-state index contributed by atoms with van der Waals surface area (Å²) in [7, 11) is 0. The number of hydrogen-bond donors (Lipinski definition) is 3. The summed E-state index contributed by atoms with van der Waals surface area (Å²) in [4.78, 5) is 8.34. The molecule has 178 valence electrons. The minimum Gasteiger partial charge on any atom is -0.399 e. The molecule has 1 saturated heterocycles. The van der Waals surface area contributed by atoms with Crippen LogP contribution in [0.1, 0.15) is 49.1 Å². The number of nitrogens with two attached hydrogens (primary N) is 1. The highest BCUT2D eigenvalue weighted by atomic mass is 35.5. The molecule has 1 aliphatic heterocycles. The molecule has 0 amide bonds. The second-order valence-corrected chi connectivity index (χ2v) is 8.95. The van der Waals surface area contributed by atoms with Crippen molar-refractivity contribution in [3.05, 3.63) is 45.9 Å². The zero-order valence-electron chi connectivity index (χ0n) is 18.7. The van der Waals surface area contributed by atoms with Crippen LogP contribution < -0.4 is 16.4 Å². The number of aryl methyl sites for hydroxylation is 1. The Balaban J connectivity index is 0.000000380. The quantitative estimate of drug-likeness (QED) is 0.364. The van der Waals surface area contributed by atoms with Crippen molar-refractivity contribution in [2.24, 2.45) is 0 Å². The molecule has 1 aromatic carbocycles. The highest BCUT2D eigenvalue weighted by molar-refractivity contribution is 7.99. The van der Waals surface area contributed by atoms with Crippen LogP contribution in [-0.2, 0) is 25.6 Å². The molecule has 0 radical (unpaired) electrons. The highest BCUT2D eigenvalue weighted by Gasteiger charge is 2.31. The van der Waals surface area contributed by atoms with Crippen LogP contribution >= 0.6 is 23.4 Å². The van der Waals surface area contributed by atoms with Gasteiger partial charge in [0.1, 0.15) is 5.82 Å². The Bertz CT molecular complexity index is 873. The summed E-state index contributed by atoms with van der Waals surface area (Å²) in [6.45, 7) is 6.52. The third-order valence-corrected chi connectivity index (χ3v) is 6.48. The first-order valence-electron chi connectivity index (χ1n) is 10.7. The van der Waals surface area contributed by atoms with Crippen LogP contribution in [0.3, 0.4) is 0 Å². The summed E-state index contributed by atoms with van der Waals surface area (Å²) in [6.07, 6.45) is 1.87. The fourth-order valence-electron chi connectivity index (χ4n) is 3.51. The normalized spacial score (nSPS) is 14.6. The number of thioether (sulfide) groups is 1. The predicted molar refractivity (Wildman–Crippen MR) is 128 cm³/mol. The molecule has 1 fully saturated rings. The topological polar surface area (TPSA) is 75.9 Å². The molecule has 2 aromatic rings. The van der Waals surface area contributed by atoms with Gasteiger partial charge in [-0.25, -0.2) is 9.97 Å². The molecule has 2 heterocycles. The van der Waals surface area contributed by atoms with E-state index in [2.05, 4.69) is 26.9 Å². The lowest BCUT2D eigenvalue weighted by Crippen LogP contribution is -2.28. The Morgan fingerprint density at radius 3 is 2.38 bits per heavy atom. The van der Waals surface area contributed by atoms with Crippen molar-refractivity contribution in [2.45, 2.75) is 57.5 Å². The SMILES string of the molecule is CCc1nc(Cl)nc(NCc2cc(N)cc(C(F)(F)F)c2)c1CC.CSC1CCNCC1. The number of aromatic nitrogens is 2. The Morgan fingerprint density at radius 1 is 1.16 bits per heavy atom. The summed E-state index contributed by atoms with van der Waals surface area (Å²) in [5.41, 5.74) is 7.01. The average molecular weight is 490 g/mol. The molecular weight excluding hydrogens is 459 g/mol. The van der Waals surface area contributed by atoms with Crippen molar-refractivity contribution >= 4 is 34.9 Å². The van der Waals surface area contributed by atoms with E-state index in [4.69, 9.17) is 17.3 Å². The van der Waals surface area contributed by atoms with Gasteiger partial charge in [0.15, 0.2) is 0 Å². The van der Waals surface area contributed by atoms with Crippen LogP contribution in [0.2, 0.25) is 5.28 Å². The fourth-order valence-corrected chi connectivity index (χ4v) is 4.41. The highest BCUT2D eigenvalue weighted by Crippen LogP contribution is 2.31. The minimum atomic E-state index is -4.44. The Kier molecular flexibility index (Phi) is 10.4. The number of piperidine rings is 1. The van der Waals surface area contributed by atoms with Crippen LogP contribution in [0.5, 0.6) is 0 Å². The van der Waals surface area contributed by atoms with Crippen LogP contribution in [0.25, 0.3) is 0 Å². The van der Waals surface area contributed by atoms with E-state index in [1.165, 1.54) is 32.0 Å². The third-order valence-electron chi connectivity index (χ3n) is 5.18. The van der Waals surface area contributed by atoms with E-state index in [1.807, 2.05) is 25.6 Å². The third kappa shape index (κ3) is 8.01. The number of nitrogens with zero attached hydrogens (tertiary/aromatic N) is 2. The van der Waals surface area contributed by atoms with Gasteiger partial charge >= 0.3 is 6.18 Å². The largest absolute Gasteiger partial charge is 0.416 e. The smallest absolute Gasteiger partial charge is 0.399 e. The summed E-state index contributed by atoms with van der Waals surface area (Å²) in [5, 5.41) is 7.43. The van der Waals surface area contributed by atoms with Crippen molar-refractivity contribution < 1.29 is 13.2 Å². The van der Waals surface area contributed by atoms with Gasteiger partial charge in [0.05, 0.1) is 11.3 Å². The van der Waals surface area contributed by atoms with Gasteiger partial charge in [-0.05, 0) is 80.4 Å². The van der Waals surface area contributed by atoms with Gasteiger partial charge in [0.25, 0.3) is 0 Å². The van der Waals surface area contributed by atoms with Gasteiger partial charge in [-0.2, -0.15) is 24.9 Å². The van der Waals surface area contributed by atoms with E-state index in [0.717, 1.165) is 28.6 Å². The van der Waals surface area contributed by atoms with Gasteiger partial charge in [-0.1, -0.05) is 13.8 Å².